The molecule has 0 amide bonds. The van der Waals surface area contributed by atoms with Crippen LogP contribution in [0.15, 0.2) is 48.5 Å². The number of hydrogen-bond donors (Lipinski definition) is 1. The fourth-order valence-corrected chi connectivity index (χ4v) is 1.81. The quantitative estimate of drug-likeness (QED) is 0.649. The molecule has 0 aliphatic rings. The summed E-state index contributed by atoms with van der Waals surface area (Å²) in [6.07, 6.45) is 0. The first kappa shape index (κ1) is 13.7. The van der Waals surface area contributed by atoms with E-state index in [2.05, 4.69) is 0 Å². The van der Waals surface area contributed by atoms with Crippen LogP contribution in [-0.2, 0) is 11.3 Å². The van der Waals surface area contributed by atoms with Crippen molar-refractivity contribution >= 4 is 17.3 Å². The van der Waals surface area contributed by atoms with Crippen molar-refractivity contribution in [1.82, 2.24) is 0 Å². The Bertz CT molecular complexity index is 514. The molecule has 0 radical (unpaired) electrons. The molecule has 2 aromatic carbocycles. The Morgan fingerprint density at radius 3 is 2.53 bits per heavy atom. The van der Waals surface area contributed by atoms with E-state index >= 15 is 0 Å². The molecule has 0 atom stereocenters. The summed E-state index contributed by atoms with van der Waals surface area (Å²) in [5.41, 5.74) is 7.37. The van der Waals surface area contributed by atoms with Crippen LogP contribution in [0.4, 0.5) is 5.69 Å². The summed E-state index contributed by atoms with van der Waals surface area (Å²) in [5.74, 6) is 0.792. The minimum Gasteiger partial charge on any atom is -0.491 e. The van der Waals surface area contributed by atoms with E-state index in [4.69, 9.17) is 26.8 Å². The number of halogens is 1. The molecule has 19 heavy (non-hydrogen) atoms. The lowest BCUT2D eigenvalue weighted by Crippen LogP contribution is -2.06. The second-order valence-electron chi connectivity index (χ2n) is 4.10. The van der Waals surface area contributed by atoms with Crippen molar-refractivity contribution in [2.24, 2.45) is 0 Å². The van der Waals surface area contributed by atoms with Gasteiger partial charge < -0.3 is 15.2 Å². The monoisotopic (exact) mass is 277 g/mol. The van der Waals surface area contributed by atoms with Crippen LogP contribution in [0.25, 0.3) is 0 Å². The van der Waals surface area contributed by atoms with E-state index in [1.807, 2.05) is 48.5 Å². The van der Waals surface area contributed by atoms with Gasteiger partial charge in [-0.1, -0.05) is 23.7 Å². The average molecular weight is 278 g/mol. The molecule has 0 saturated heterocycles. The van der Waals surface area contributed by atoms with Crippen LogP contribution >= 0.6 is 11.6 Å². The van der Waals surface area contributed by atoms with E-state index in [0.29, 0.717) is 19.8 Å². The molecular formula is C15H16ClNO2. The van der Waals surface area contributed by atoms with Gasteiger partial charge in [0, 0.05) is 10.7 Å². The van der Waals surface area contributed by atoms with Crippen LogP contribution in [-0.4, -0.2) is 13.2 Å². The van der Waals surface area contributed by atoms with E-state index < -0.39 is 0 Å². The Morgan fingerprint density at radius 1 is 1.00 bits per heavy atom. The maximum atomic E-state index is 5.89. The predicted molar refractivity (Wildman–Crippen MR) is 77.5 cm³/mol. The van der Waals surface area contributed by atoms with Crippen LogP contribution in [0.1, 0.15) is 5.56 Å². The predicted octanol–water partition coefficient (Wildman–Crippen LogP) is 3.52. The second kappa shape index (κ2) is 7.02. The van der Waals surface area contributed by atoms with Crippen molar-refractivity contribution in [3.05, 3.63) is 59.1 Å². The summed E-state index contributed by atoms with van der Waals surface area (Å²) in [6.45, 7) is 1.56. The molecule has 100 valence electrons. The van der Waals surface area contributed by atoms with Crippen molar-refractivity contribution in [2.75, 3.05) is 18.9 Å². The van der Waals surface area contributed by atoms with Gasteiger partial charge in [0.1, 0.15) is 12.4 Å². The Labute approximate surface area is 117 Å². The molecule has 0 aliphatic carbocycles. The van der Waals surface area contributed by atoms with E-state index in [1.54, 1.807) is 0 Å². The molecule has 4 heteroatoms. The highest BCUT2D eigenvalue weighted by atomic mass is 35.5. The van der Waals surface area contributed by atoms with Gasteiger partial charge in [0.05, 0.1) is 13.2 Å². The zero-order valence-electron chi connectivity index (χ0n) is 10.5. The highest BCUT2D eigenvalue weighted by Gasteiger charge is 1.96. The third-order valence-corrected chi connectivity index (χ3v) is 2.77. The van der Waals surface area contributed by atoms with Gasteiger partial charge in [-0.15, -0.1) is 0 Å². The van der Waals surface area contributed by atoms with Gasteiger partial charge in [-0.2, -0.15) is 0 Å². The van der Waals surface area contributed by atoms with Gasteiger partial charge in [0.25, 0.3) is 0 Å². The SMILES string of the molecule is Nc1ccc(OCCOCc2cccc(Cl)c2)cc1. The summed E-state index contributed by atoms with van der Waals surface area (Å²) in [7, 11) is 0. The third-order valence-electron chi connectivity index (χ3n) is 2.53. The molecule has 2 aromatic rings. The zero-order valence-corrected chi connectivity index (χ0v) is 11.3. The van der Waals surface area contributed by atoms with Crippen molar-refractivity contribution in [2.45, 2.75) is 6.61 Å². The summed E-state index contributed by atoms with van der Waals surface area (Å²) < 4.78 is 11.0. The number of nitrogen functional groups attached to an aromatic ring is 1. The normalized spacial score (nSPS) is 10.4. The van der Waals surface area contributed by atoms with Crippen LogP contribution in [0.5, 0.6) is 5.75 Å². The Balaban J connectivity index is 1.66. The fourth-order valence-electron chi connectivity index (χ4n) is 1.60. The zero-order chi connectivity index (χ0) is 13.5. The summed E-state index contributed by atoms with van der Waals surface area (Å²) >= 11 is 5.89. The topological polar surface area (TPSA) is 44.5 Å². The average Bonchev–Trinajstić information content (AvgIpc) is 2.41. The molecule has 2 N–H and O–H groups in total. The minimum absolute atomic E-state index is 0.504. The van der Waals surface area contributed by atoms with Crippen LogP contribution in [0, 0.1) is 0 Å². The maximum Gasteiger partial charge on any atom is 0.119 e. The number of nitrogens with two attached hydrogens (primary N) is 1. The number of ether oxygens (including phenoxy) is 2. The lowest BCUT2D eigenvalue weighted by molar-refractivity contribution is 0.0889. The standard InChI is InChI=1S/C15H16ClNO2/c16-13-3-1-2-12(10-13)11-18-8-9-19-15-6-4-14(17)5-7-15/h1-7,10H,8-9,11,17H2. The maximum absolute atomic E-state index is 5.89. The van der Waals surface area contributed by atoms with Crippen molar-refractivity contribution in [3.63, 3.8) is 0 Å². The Hall–Kier alpha value is -1.71. The molecule has 0 fully saturated rings. The van der Waals surface area contributed by atoms with Gasteiger partial charge in [-0.25, -0.2) is 0 Å². The Kier molecular flexibility index (Phi) is 5.07. The summed E-state index contributed by atoms with van der Waals surface area (Å²) in [5, 5.41) is 0.722. The van der Waals surface area contributed by atoms with E-state index in [0.717, 1.165) is 22.0 Å². The highest BCUT2D eigenvalue weighted by molar-refractivity contribution is 6.30. The van der Waals surface area contributed by atoms with Crippen molar-refractivity contribution < 1.29 is 9.47 Å². The van der Waals surface area contributed by atoms with Gasteiger partial charge in [0.15, 0.2) is 0 Å². The fraction of sp³-hybridized carbons (Fsp3) is 0.200. The number of benzene rings is 2. The smallest absolute Gasteiger partial charge is 0.119 e. The molecule has 2 rings (SSSR count). The van der Waals surface area contributed by atoms with E-state index in [9.17, 15) is 0 Å². The number of hydrogen-bond acceptors (Lipinski definition) is 3. The van der Waals surface area contributed by atoms with Crippen LogP contribution in [0.3, 0.4) is 0 Å². The van der Waals surface area contributed by atoms with Crippen LogP contribution < -0.4 is 10.5 Å². The number of rotatable bonds is 6. The first-order valence-electron chi connectivity index (χ1n) is 6.04. The molecule has 3 nitrogen and oxygen atoms in total. The lowest BCUT2D eigenvalue weighted by atomic mass is 10.2. The molecule has 0 aliphatic heterocycles. The Morgan fingerprint density at radius 2 is 1.79 bits per heavy atom. The van der Waals surface area contributed by atoms with E-state index in [-0.39, 0.29) is 0 Å². The molecular weight excluding hydrogens is 262 g/mol. The van der Waals surface area contributed by atoms with Crippen LogP contribution in [0.2, 0.25) is 5.02 Å². The van der Waals surface area contributed by atoms with Crippen molar-refractivity contribution in [3.8, 4) is 5.75 Å². The highest BCUT2D eigenvalue weighted by Crippen LogP contribution is 2.13. The lowest BCUT2D eigenvalue weighted by Gasteiger charge is -2.07. The molecule has 0 spiro atoms. The first-order chi connectivity index (χ1) is 9.24. The molecule has 0 unspecified atom stereocenters. The van der Waals surface area contributed by atoms with Crippen molar-refractivity contribution in [1.29, 1.82) is 0 Å². The van der Waals surface area contributed by atoms with Gasteiger partial charge in [-0.3, -0.25) is 0 Å². The molecule has 0 bridgehead atoms. The molecule has 0 aromatic heterocycles. The number of anilines is 1. The summed E-state index contributed by atoms with van der Waals surface area (Å²) in [4.78, 5) is 0. The first-order valence-corrected chi connectivity index (χ1v) is 6.42. The minimum atomic E-state index is 0.504. The van der Waals surface area contributed by atoms with E-state index in [1.165, 1.54) is 0 Å². The summed E-state index contributed by atoms with van der Waals surface area (Å²) in [6, 6.07) is 14.9. The van der Waals surface area contributed by atoms with Gasteiger partial charge >= 0.3 is 0 Å². The van der Waals surface area contributed by atoms with Gasteiger partial charge in [-0.05, 0) is 42.0 Å². The largest absolute Gasteiger partial charge is 0.491 e. The third kappa shape index (κ3) is 4.81. The molecule has 0 saturated carbocycles. The second-order valence-corrected chi connectivity index (χ2v) is 4.54. The van der Waals surface area contributed by atoms with Gasteiger partial charge in [0.2, 0.25) is 0 Å². The molecule has 0 heterocycles.